The molecule has 1 aromatic heterocycles. The van der Waals surface area contributed by atoms with E-state index < -0.39 is 42.1 Å². The summed E-state index contributed by atoms with van der Waals surface area (Å²) in [5, 5.41) is 2.25. The number of carbonyl (C=O) groups excluding carboxylic acids is 1. The first-order valence-electron chi connectivity index (χ1n) is 8.04. The summed E-state index contributed by atoms with van der Waals surface area (Å²) in [6.07, 6.45) is -2.78. The highest BCUT2D eigenvalue weighted by Gasteiger charge is 2.43. The second-order valence-electron chi connectivity index (χ2n) is 6.37. The fourth-order valence-corrected chi connectivity index (χ4v) is 2.66. The van der Waals surface area contributed by atoms with E-state index in [1.165, 1.54) is 0 Å². The molecule has 0 aliphatic carbocycles. The first-order valence-corrected chi connectivity index (χ1v) is 8.04. The van der Waals surface area contributed by atoms with Gasteiger partial charge in [-0.25, -0.2) is 4.98 Å². The second-order valence-corrected chi connectivity index (χ2v) is 6.37. The van der Waals surface area contributed by atoms with Gasteiger partial charge < -0.3 is 15.0 Å². The number of alkyl halides is 5. The Morgan fingerprint density at radius 1 is 1.38 bits per heavy atom. The standard InChI is InChI=1S/C16H20F5N3O2/c1-10-8-11(5-7-24(10)2)23-14(25)15(17,18)9-26-13-12(16(19,20)21)4-3-6-22-13/h3-4,6,10-11H,5,7-9H2,1-2H3,(H,23,25)/t10-,11-/m0/s1. The number of halogens is 5. The largest absolute Gasteiger partial charge is 0.470 e. The number of likely N-dealkylation sites (tertiary alicyclic amines) is 1. The van der Waals surface area contributed by atoms with Gasteiger partial charge >= 0.3 is 12.1 Å². The Labute approximate surface area is 147 Å². The molecule has 26 heavy (non-hydrogen) atoms. The van der Waals surface area contributed by atoms with Crippen LogP contribution in [-0.2, 0) is 11.0 Å². The molecule has 0 bridgehead atoms. The molecule has 1 N–H and O–H groups in total. The van der Waals surface area contributed by atoms with Crippen molar-refractivity contribution in [3.05, 3.63) is 23.9 Å². The number of aromatic nitrogens is 1. The second kappa shape index (κ2) is 7.73. The zero-order valence-electron chi connectivity index (χ0n) is 14.3. The van der Waals surface area contributed by atoms with Gasteiger partial charge in [-0.15, -0.1) is 0 Å². The molecule has 2 rings (SSSR count). The van der Waals surface area contributed by atoms with Gasteiger partial charge in [-0.05, 0) is 38.9 Å². The van der Waals surface area contributed by atoms with Gasteiger partial charge in [-0.2, -0.15) is 22.0 Å². The fourth-order valence-electron chi connectivity index (χ4n) is 2.66. The minimum Gasteiger partial charge on any atom is -0.470 e. The van der Waals surface area contributed by atoms with Gasteiger partial charge in [0.25, 0.3) is 5.91 Å². The van der Waals surface area contributed by atoms with E-state index in [0.29, 0.717) is 25.5 Å². The number of nitrogens with one attached hydrogen (secondary N) is 1. The number of pyridine rings is 1. The summed E-state index contributed by atoms with van der Waals surface area (Å²) in [6, 6.07) is 1.39. The number of nitrogens with zero attached hydrogens (tertiary/aromatic N) is 2. The van der Waals surface area contributed by atoms with Crippen LogP contribution in [0.3, 0.4) is 0 Å². The summed E-state index contributed by atoms with van der Waals surface area (Å²) in [6.45, 7) is 1.04. The molecular weight excluding hydrogens is 361 g/mol. The zero-order chi connectivity index (χ0) is 19.5. The van der Waals surface area contributed by atoms with E-state index in [4.69, 9.17) is 0 Å². The number of rotatable bonds is 5. The summed E-state index contributed by atoms with van der Waals surface area (Å²) in [7, 11) is 1.90. The Bertz CT molecular complexity index is 639. The molecule has 1 aliphatic heterocycles. The van der Waals surface area contributed by atoms with Crippen molar-refractivity contribution in [1.82, 2.24) is 15.2 Å². The maximum absolute atomic E-state index is 14.0. The van der Waals surface area contributed by atoms with Crippen LogP contribution in [0.5, 0.6) is 5.88 Å². The zero-order valence-corrected chi connectivity index (χ0v) is 14.3. The SMILES string of the molecule is C[C@H]1C[C@@H](NC(=O)C(F)(F)COc2ncccc2C(F)(F)F)CCN1C. The highest BCUT2D eigenvalue weighted by atomic mass is 19.4. The molecular formula is C16H20F5N3O2. The first-order chi connectivity index (χ1) is 12.0. The molecule has 1 amide bonds. The van der Waals surface area contributed by atoms with Crippen LogP contribution in [0, 0.1) is 0 Å². The van der Waals surface area contributed by atoms with Crippen molar-refractivity contribution in [1.29, 1.82) is 0 Å². The summed E-state index contributed by atoms with van der Waals surface area (Å²) in [5.74, 6) is -6.53. The minimum absolute atomic E-state index is 0.127. The third-order valence-corrected chi connectivity index (χ3v) is 4.34. The van der Waals surface area contributed by atoms with Crippen molar-refractivity contribution in [2.24, 2.45) is 0 Å². The maximum atomic E-state index is 14.0. The van der Waals surface area contributed by atoms with Crippen LogP contribution in [0.1, 0.15) is 25.3 Å². The molecule has 0 spiro atoms. The van der Waals surface area contributed by atoms with E-state index in [2.05, 4.69) is 15.0 Å². The predicted octanol–water partition coefficient (Wildman–Crippen LogP) is 2.71. The van der Waals surface area contributed by atoms with Crippen LogP contribution in [0.4, 0.5) is 22.0 Å². The molecule has 2 atom stereocenters. The highest BCUT2D eigenvalue weighted by molar-refractivity contribution is 5.83. The summed E-state index contributed by atoms with van der Waals surface area (Å²) < 4.78 is 71.0. The Morgan fingerprint density at radius 3 is 2.69 bits per heavy atom. The van der Waals surface area contributed by atoms with E-state index >= 15 is 0 Å². The number of hydrogen-bond donors (Lipinski definition) is 1. The molecule has 1 aliphatic rings. The van der Waals surface area contributed by atoms with E-state index in [0.717, 1.165) is 12.3 Å². The Morgan fingerprint density at radius 2 is 2.08 bits per heavy atom. The van der Waals surface area contributed by atoms with E-state index in [-0.39, 0.29) is 6.04 Å². The molecule has 0 saturated carbocycles. The Hall–Kier alpha value is -1.97. The molecule has 0 aromatic carbocycles. The summed E-state index contributed by atoms with van der Waals surface area (Å²) >= 11 is 0. The predicted molar refractivity (Wildman–Crippen MR) is 82.9 cm³/mol. The summed E-state index contributed by atoms with van der Waals surface area (Å²) in [5.41, 5.74) is -1.28. The van der Waals surface area contributed by atoms with Gasteiger partial charge in [-0.3, -0.25) is 4.79 Å². The average Bonchev–Trinajstić information content (AvgIpc) is 2.56. The third kappa shape index (κ3) is 5.03. The molecule has 2 heterocycles. The van der Waals surface area contributed by atoms with Crippen LogP contribution in [-0.4, -0.2) is 54.0 Å². The van der Waals surface area contributed by atoms with Crippen molar-refractivity contribution in [3.63, 3.8) is 0 Å². The van der Waals surface area contributed by atoms with Crippen LogP contribution in [0.2, 0.25) is 0 Å². The molecule has 5 nitrogen and oxygen atoms in total. The van der Waals surface area contributed by atoms with Crippen LogP contribution in [0.15, 0.2) is 18.3 Å². The normalized spacial score (nSPS) is 22.1. The van der Waals surface area contributed by atoms with E-state index in [1.54, 1.807) is 0 Å². The van der Waals surface area contributed by atoms with Crippen LogP contribution < -0.4 is 10.1 Å². The van der Waals surface area contributed by atoms with Crippen molar-refractivity contribution in [2.75, 3.05) is 20.2 Å². The van der Waals surface area contributed by atoms with Gasteiger partial charge in [0.1, 0.15) is 5.56 Å². The minimum atomic E-state index is -4.80. The van der Waals surface area contributed by atoms with Gasteiger partial charge in [-0.1, -0.05) is 0 Å². The van der Waals surface area contributed by atoms with Gasteiger partial charge in [0.15, 0.2) is 6.61 Å². The lowest BCUT2D eigenvalue weighted by Gasteiger charge is -2.35. The molecule has 0 radical (unpaired) electrons. The number of amides is 1. The van der Waals surface area contributed by atoms with Crippen molar-refractivity contribution in [2.45, 2.75) is 43.9 Å². The number of hydrogen-bond acceptors (Lipinski definition) is 4. The maximum Gasteiger partial charge on any atom is 0.421 e. The van der Waals surface area contributed by atoms with Gasteiger partial charge in [0.05, 0.1) is 0 Å². The molecule has 1 aromatic rings. The molecule has 1 fully saturated rings. The molecule has 0 unspecified atom stereocenters. The molecule has 1 saturated heterocycles. The fraction of sp³-hybridized carbons (Fsp3) is 0.625. The number of piperidine rings is 1. The van der Waals surface area contributed by atoms with Crippen molar-refractivity contribution in [3.8, 4) is 5.88 Å². The number of carbonyl (C=O) groups is 1. The number of ether oxygens (including phenoxy) is 1. The first kappa shape index (κ1) is 20.3. The topological polar surface area (TPSA) is 54.5 Å². The van der Waals surface area contributed by atoms with Crippen LogP contribution in [0.25, 0.3) is 0 Å². The third-order valence-electron chi connectivity index (χ3n) is 4.34. The van der Waals surface area contributed by atoms with Crippen LogP contribution >= 0.6 is 0 Å². The van der Waals surface area contributed by atoms with E-state index in [1.807, 2.05) is 18.9 Å². The monoisotopic (exact) mass is 381 g/mol. The lowest BCUT2D eigenvalue weighted by molar-refractivity contribution is -0.152. The van der Waals surface area contributed by atoms with Gasteiger partial charge in [0, 0.05) is 24.8 Å². The lowest BCUT2D eigenvalue weighted by Crippen LogP contribution is -2.52. The quantitative estimate of drug-likeness (QED) is 0.797. The molecule has 10 heteroatoms. The summed E-state index contributed by atoms with van der Waals surface area (Å²) in [4.78, 5) is 17.2. The highest BCUT2D eigenvalue weighted by Crippen LogP contribution is 2.35. The van der Waals surface area contributed by atoms with Crippen molar-refractivity contribution >= 4 is 5.91 Å². The Kier molecular flexibility index (Phi) is 6.05. The average molecular weight is 381 g/mol. The molecule has 146 valence electrons. The smallest absolute Gasteiger partial charge is 0.421 e. The Balaban J connectivity index is 1.97. The van der Waals surface area contributed by atoms with Gasteiger partial charge in [0.2, 0.25) is 5.88 Å². The van der Waals surface area contributed by atoms with Crippen molar-refractivity contribution < 1.29 is 31.5 Å². The lowest BCUT2D eigenvalue weighted by atomic mass is 9.99. The van der Waals surface area contributed by atoms with E-state index in [9.17, 15) is 26.7 Å².